The molecule has 2 N–H and O–H groups in total. The molecule has 8 heteroatoms. The van der Waals surface area contributed by atoms with Crippen molar-refractivity contribution in [3.05, 3.63) is 58.9 Å². The number of nitrogens with one attached hydrogen (secondary N) is 2. The Morgan fingerprint density at radius 3 is 2.87 bits per heavy atom. The fraction of sp³-hybridized carbons (Fsp3) is 0.533. The summed E-state index contributed by atoms with van der Waals surface area (Å²) in [4.78, 5) is 15.2. The number of likely N-dealkylation sites (tertiary alicyclic amines) is 1. The predicted molar refractivity (Wildman–Crippen MR) is 141 cm³/mol. The van der Waals surface area contributed by atoms with E-state index in [9.17, 15) is 10.1 Å². The van der Waals surface area contributed by atoms with Gasteiger partial charge in [-0.1, -0.05) is 30.7 Å². The Morgan fingerprint density at radius 1 is 1.24 bits per heavy atom. The van der Waals surface area contributed by atoms with Crippen LogP contribution in [-0.4, -0.2) is 61.8 Å². The molecule has 2 aromatic carbocycles. The largest absolute Gasteiger partial charge is 0.367 e. The van der Waals surface area contributed by atoms with E-state index in [2.05, 4.69) is 33.7 Å². The van der Waals surface area contributed by atoms with Crippen LogP contribution in [0.3, 0.4) is 0 Å². The van der Waals surface area contributed by atoms with Crippen molar-refractivity contribution in [3.8, 4) is 17.2 Å². The number of hydrogen-bond donors (Lipinski definition) is 2. The Balaban J connectivity index is 1.15. The summed E-state index contributed by atoms with van der Waals surface area (Å²) in [6, 6.07) is 13.4. The first-order valence-corrected chi connectivity index (χ1v) is 13.9. The molecular formula is C30H35FN4O3. The maximum absolute atomic E-state index is 15.2. The van der Waals surface area contributed by atoms with Gasteiger partial charge in [-0.25, -0.2) is 4.39 Å². The van der Waals surface area contributed by atoms with E-state index in [1.165, 1.54) is 36.5 Å². The van der Waals surface area contributed by atoms with Gasteiger partial charge >= 0.3 is 0 Å². The van der Waals surface area contributed by atoms with Crippen molar-refractivity contribution in [2.45, 2.75) is 68.9 Å². The number of rotatable bonds is 6. The molecule has 38 heavy (non-hydrogen) atoms. The molecule has 0 aromatic heterocycles. The fourth-order valence-electron chi connectivity index (χ4n) is 6.20. The monoisotopic (exact) mass is 518 g/mol. The van der Waals surface area contributed by atoms with Crippen molar-refractivity contribution in [3.63, 3.8) is 0 Å². The third-order valence-corrected chi connectivity index (χ3v) is 8.68. The summed E-state index contributed by atoms with van der Waals surface area (Å²) in [7, 11) is 0. The van der Waals surface area contributed by atoms with E-state index in [1.807, 2.05) is 12.1 Å². The molecule has 6 rings (SSSR count). The van der Waals surface area contributed by atoms with Gasteiger partial charge in [0.15, 0.2) is 0 Å². The average molecular weight is 519 g/mol. The molecule has 3 atom stereocenters. The number of nitrogens with zero attached hydrogens (tertiary/aromatic N) is 2. The normalized spacial score (nSPS) is 26.4. The van der Waals surface area contributed by atoms with E-state index >= 15 is 4.39 Å². The van der Waals surface area contributed by atoms with Crippen molar-refractivity contribution in [1.82, 2.24) is 15.5 Å². The molecule has 3 heterocycles. The molecule has 7 nitrogen and oxygen atoms in total. The number of carbonyl (C=O) groups is 1. The molecule has 1 saturated carbocycles. The highest BCUT2D eigenvalue weighted by molar-refractivity contribution is 5.81. The minimum atomic E-state index is -0.840. The standard InChI is InChI=1S/C30H35FN4O3/c31-27-15-21(5-7-22(27)13-24(16-32)34-29(36)28-17-33-10-2-12-37-28)20-6-8-23-18-38-30(26(23)14-20)9-11-35(19-30)25-3-1-4-25/h5-8,14-15,24-25,28,33H,1-4,9-13,17-19H2,(H,34,36)/t24-,28-,30?/m0/s1. The topological polar surface area (TPSA) is 86.6 Å². The van der Waals surface area contributed by atoms with Crippen molar-refractivity contribution in [2.24, 2.45) is 0 Å². The zero-order chi connectivity index (χ0) is 26.1. The number of benzene rings is 2. The lowest BCUT2D eigenvalue weighted by Crippen LogP contribution is -2.46. The second-order valence-electron chi connectivity index (χ2n) is 11.1. The van der Waals surface area contributed by atoms with Gasteiger partial charge in [-0.3, -0.25) is 9.69 Å². The van der Waals surface area contributed by atoms with Crippen LogP contribution in [0.15, 0.2) is 36.4 Å². The first-order chi connectivity index (χ1) is 18.5. The van der Waals surface area contributed by atoms with Gasteiger partial charge in [-0.15, -0.1) is 0 Å². The zero-order valence-electron chi connectivity index (χ0n) is 21.7. The second kappa shape index (κ2) is 10.7. The minimum absolute atomic E-state index is 0.0899. The SMILES string of the molecule is N#C[C@H](Cc1ccc(-c2ccc3c(c2)C2(CCN(C4CCC4)C2)OC3)cc1F)NC(=O)[C@@H]1CNCCCO1. The maximum atomic E-state index is 15.2. The number of hydrogen-bond acceptors (Lipinski definition) is 6. The molecule has 1 spiro atoms. The summed E-state index contributed by atoms with van der Waals surface area (Å²) in [5, 5.41) is 15.5. The molecule has 0 radical (unpaired) electrons. The molecule has 1 aliphatic carbocycles. The van der Waals surface area contributed by atoms with Crippen LogP contribution >= 0.6 is 0 Å². The number of carbonyl (C=O) groups excluding carboxylic acids is 1. The molecule has 2 saturated heterocycles. The number of ether oxygens (including phenoxy) is 2. The van der Waals surface area contributed by atoms with Crippen LogP contribution in [0, 0.1) is 17.1 Å². The Morgan fingerprint density at radius 2 is 2.08 bits per heavy atom. The Labute approximate surface area is 223 Å². The minimum Gasteiger partial charge on any atom is -0.367 e. The van der Waals surface area contributed by atoms with E-state index in [0.29, 0.717) is 31.4 Å². The molecular weight excluding hydrogens is 483 g/mol. The Bertz CT molecular complexity index is 1230. The highest BCUT2D eigenvalue weighted by atomic mass is 19.1. The first kappa shape index (κ1) is 25.4. The fourth-order valence-corrected chi connectivity index (χ4v) is 6.20. The third kappa shape index (κ3) is 4.96. The summed E-state index contributed by atoms with van der Waals surface area (Å²) in [6.45, 7) is 4.32. The van der Waals surface area contributed by atoms with Crippen LogP contribution in [0.2, 0.25) is 0 Å². The maximum Gasteiger partial charge on any atom is 0.251 e. The lowest BCUT2D eigenvalue weighted by molar-refractivity contribution is -0.132. The van der Waals surface area contributed by atoms with E-state index in [0.717, 1.165) is 43.6 Å². The predicted octanol–water partition coefficient (Wildman–Crippen LogP) is 3.41. The van der Waals surface area contributed by atoms with Gasteiger partial charge in [0.05, 0.1) is 12.7 Å². The van der Waals surface area contributed by atoms with Crippen LogP contribution in [0.5, 0.6) is 0 Å². The lowest BCUT2D eigenvalue weighted by atomic mass is 9.88. The third-order valence-electron chi connectivity index (χ3n) is 8.68. The molecule has 1 amide bonds. The number of nitriles is 1. The first-order valence-electron chi connectivity index (χ1n) is 13.9. The van der Waals surface area contributed by atoms with Gasteiger partial charge in [-0.05, 0) is 72.2 Å². The van der Waals surface area contributed by atoms with Crippen molar-refractivity contribution < 1.29 is 18.7 Å². The highest BCUT2D eigenvalue weighted by Crippen LogP contribution is 2.46. The number of fused-ring (bicyclic) bond motifs is 2. The van der Waals surface area contributed by atoms with Gasteiger partial charge in [0.2, 0.25) is 0 Å². The van der Waals surface area contributed by atoms with Crippen LogP contribution in [0.25, 0.3) is 11.1 Å². The smallest absolute Gasteiger partial charge is 0.251 e. The molecule has 1 unspecified atom stereocenters. The Kier molecular flexibility index (Phi) is 7.19. The van der Waals surface area contributed by atoms with Crippen molar-refractivity contribution >= 4 is 5.91 Å². The summed E-state index contributed by atoms with van der Waals surface area (Å²) < 4.78 is 27.2. The van der Waals surface area contributed by atoms with Crippen molar-refractivity contribution in [1.29, 1.82) is 5.26 Å². The van der Waals surface area contributed by atoms with Gasteiger partial charge in [0, 0.05) is 38.7 Å². The van der Waals surface area contributed by atoms with E-state index in [1.54, 1.807) is 6.07 Å². The number of amides is 1. The summed E-state index contributed by atoms with van der Waals surface area (Å²) in [6.07, 6.45) is 5.18. The Hall–Kier alpha value is -2.83. The molecule has 3 fully saturated rings. The van der Waals surface area contributed by atoms with E-state index in [-0.39, 0.29) is 23.7 Å². The summed E-state index contributed by atoms with van der Waals surface area (Å²) in [5.41, 5.74) is 4.36. The number of halogens is 1. The molecule has 4 aliphatic rings. The second-order valence-corrected chi connectivity index (χ2v) is 11.1. The van der Waals surface area contributed by atoms with Gasteiger partial charge in [0.1, 0.15) is 23.6 Å². The molecule has 200 valence electrons. The zero-order valence-corrected chi connectivity index (χ0v) is 21.7. The van der Waals surface area contributed by atoms with Crippen molar-refractivity contribution in [2.75, 3.05) is 32.8 Å². The molecule has 2 aromatic rings. The molecule has 3 aliphatic heterocycles. The van der Waals surface area contributed by atoms with Gasteiger partial charge in [0.25, 0.3) is 5.91 Å². The van der Waals surface area contributed by atoms with Crippen LogP contribution in [0.1, 0.15) is 48.8 Å². The average Bonchev–Trinajstić information content (AvgIpc) is 3.35. The highest BCUT2D eigenvalue weighted by Gasteiger charge is 2.47. The van der Waals surface area contributed by atoms with Gasteiger partial charge in [-0.2, -0.15) is 5.26 Å². The van der Waals surface area contributed by atoms with E-state index in [4.69, 9.17) is 9.47 Å². The van der Waals surface area contributed by atoms with Gasteiger partial charge < -0.3 is 20.1 Å². The lowest BCUT2D eigenvalue weighted by Gasteiger charge is -2.35. The quantitative estimate of drug-likeness (QED) is 0.610. The summed E-state index contributed by atoms with van der Waals surface area (Å²) >= 11 is 0. The van der Waals surface area contributed by atoms with Crippen LogP contribution in [-0.2, 0) is 32.9 Å². The molecule has 0 bridgehead atoms. The van der Waals surface area contributed by atoms with Crippen LogP contribution < -0.4 is 10.6 Å². The van der Waals surface area contributed by atoms with Crippen LogP contribution in [0.4, 0.5) is 4.39 Å². The van der Waals surface area contributed by atoms with E-state index < -0.39 is 12.1 Å². The summed E-state index contributed by atoms with van der Waals surface area (Å²) in [5.74, 6) is -0.729.